The Bertz CT molecular complexity index is 1040. The number of amides is 1. The highest BCUT2D eigenvalue weighted by Crippen LogP contribution is 2.36. The average Bonchev–Trinajstić information content (AvgIpc) is 3.39. The monoisotopic (exact) mass is 376 g/mol. The molecule has 1 amide bonds. The number of benzene rings is 2. The lowest BCUT2D eigenvalue weighted by Gasteiger charge is -2.06. The van der Waals surface area contributed by atoms with E-state index in [1.54, 1.807) is 18.1 Å². The summed E-state index contributed by atoms with van der Waals surface area (Å²) in [5, 5.41) is 7.00. The number of ether oxygens (including phenoxy) is 1. The van der Waals surface area contributed by atoms with Crippen LogP contribution in [-0.2, 0) is 0 Å². The van der Waals surface area contributed by atoms with Gasteiger partial charge in [0.25, 0.3) is 5.91 Å². The molecule has 0 aliphatic rings. The highest BCUT2D eigenvalue weighted by molar-refractivity contribution is 7.17. The summed E-state index contributed by atoms with van der Waals surface area (Å²) in [6.45, 7) is 0. The third-order valence-corrected chi connectivity index (χ3v) is 5.16. The van der Waals surface area contributed by atoms with Gasteiger partial charge in [-0.3, -0.25) is 4.79 Å². The molecule has 2 aromatic carbocycles. The lowest BCUT2D eigenvalue weighted by molar-refractivity contribution is 0.102. The molecule has 1 N–H and O–H groups in total. The summed E-state index contributed by atoms with van der Waals surface area (Å²) in [5.74, 6) is 0.364. The van der Waals surface area contributed by atoms with E-state index in [4.69, 9.17) is 4.74 Å². The van der Waals surface area contributed by atoms with Crippen LogP contribution in [0.5, 0.6) is 5.75 Å². The maximum atomic E-state index is 12.7. The molecule has 2 aromatic heterocycles. The second-order valence-corrected chi connectivity index (χ2v) is 6.77. The first-order valence-corrected chi connectivity index (χ1v) is 9.06. The quantitative estimate of drug-likeness (QED) is 0.565. The van der Waals surface area contributed by atoms with Crippen LogP contribution in [-0.4, -0.2) is 27.8 Å². The molecule has 134 valence electrons. The third-order valence-electron chi connectivity index (χ3n) is 3.99. The summed E-state index contributed by atoms with van der Waals surface area (Å²) < 4.78 is 7.06. The molecule has 0 fully saturated rings. The Balaban J connectivity index is 1.55. The number of thiophene rings is 1. The fraction of sp³-hybridized carbons (Fsp3) is 0.0500. The van der Waals surface area contributed by atoms with Gasteiger partial charge in [0.1, 0.15) is 23.3 Å². The highest BCUT2D eigenvalue weighted by atomic mass is 32.1. The number of nitrogens with zero attached hydrogens (tertiary/aromatic N) is 3. The average molecular weight is 376 g/mol. The van der Waals surface area contributed by atoms with E-state index in [0.717, 1.165) is 16.1 Å². The van der Waals surface area contributed by atoms with Crippen LogP contribution >= 0.6 is 11.3 Å². The predicted molar refractivity (Wildman–Crippen MR) is 106 cm³/mol. The number of carbonyl (C=O) groups is 1. The van der Waals surface area contributed by atoms with Crippen molar-refractivity contribution in [2.24, 2.45) is 0 Å². The van der Waals surface area contributed by atoms with E-state index in [0.29, 0.717) is 16.3 Å². The smallest absolute Gasteiger partial charge is 0.269 e. The molecule has 0 spiro atoms. The first-order chi connectivity index (χ1) is 13.2. The van der Waals surface area contributed by atoms with Gasteiger partial charge in [0.2, 0.25) is 0 Å². The molecule has 4 aromatic rings. The van der Waals surface area contributed by atoms with Crippen molar-refractivity contribution in [2.75, 3.05) is 12.4 Å². The van der Waals surface area contributed by atoms with Gasteiger partial charge in [0, 0.05) is 10.6 Å². The summed E-state index contributed by atoms with van der Waals surface area (Å²) >= 11 is 1.41. The Morgan fingerprint density at radius 2 is 1.89 bits per heavy atom. The molecule has 7 heteroatoms. The lowest BCUT2D eigenvalue weighted by Crippen LogP contribution is -2.11. The lowest BCUT2D eigenvalue weighted by atomic mass is 10.2. The first-order valence-electron chi connectivity index (χ1n) is 8.24. The molecule has 27 heavy (non-hydrogen) atoms. The number of carbonyl (C=O) groups excluding carboxylic acids is 1. The van der Waals surface area contributed by atoms with Crippen molar-refractivity contribution in [3.05, 3.63) is 78.2 Å². The second kappa shape index (κ2) is 7.43. The molecule has 0 aliphatic carbocycles. The van der Waals surface area contributed by atoms with Crippen molar-refractivity contribution in [3.8, 4) is 21.9 Å². The first kappa shape index (κ1) is 17.0. The Labute approximate surface area is 160 Å². The van der Waals surface area contributed by atoms with Gasteiger partial charge in [-0.05, 0) is 35.9 Å². The Morgan fingerprint density at radius 1 is 1.11 bits per heavy atom. The van der Waals surface area contributed by atoms with Gasteiger partial charge < -0.3 is 10.1 Å². The van der Waals surface area contributed by atoms with Crippen molar-refractivity contribution < 1.29 is 9.53 Å². The molecule has 6 nitrogen and oxygen atoms in total. The number of anilines is 1. The standard InChI is InChI=1S/C20H16N4O2S/c1-26-17-11-18(14-5-3-2-4-6-14)27-19(17)20(25)23-15-7-9-16(10-8-15)24-13-21-12-22-24/h2-13H,1H3,(H,23,25). The van der Waals surface area contributed by atoms with Crippen molar-refractivity contribution in [1.82, 2.24) is 14.8 Å². The normalized spacial score (nSPS) is 10.6. The van der Waals surface area contributed by atoms with Crippen LogP contribution in [0.1, 0.15) is 9.67 Å². The van der Waals surface area contributed by atoms with Gasteiger partial charge in [-0.15, -0.1) is 11.3 Å². The van der Waals surface area contributed by atoms with E-state index >= 15 is 0 Å². The minimum Gasteiger partial charge on any atom is -0.495 e. The highest BCUT2D eigenvalue weighted by Gasteiger charge is 2.18. The molecule has 0 atom stereocenters. The van der Waals surface area contributed by atoms with Gasteiger partial charge in [0.05, 0.1) is 12.8 Å². The van der Waals surface area contributed by atoms with Crippen molar-refractivity contribution in [3.63, 3.8) is 0 Å². The van der Waals surface area contributed by atoms with Crippen molar-refractivity contribution in [1.29, 1.82) is 0 Å². The zero-order chi connectivity index (χ0) is 18.6. The predicted octanol–water partition coefficient (Wildman–Crippen LogP) is 4.26. The Kier molecular flexibility index (Phi) is 4.67. The largest absolute Gasteiger partial charge is 0.495 e. The van der Waals surface area contributed by atoms with Crippen LogP contribution in [0, 0.1) is 0 Å². The van der Waals surface area contributed by atoms with E-state index in [9.17, 15) is 4.79 Å². The molecule has 4 rings (SSSR count). The summed E-state index contributed by atoms with van der Waals surface area (Å²) in [5.41, 5.74) is 2.61. The van der Waals surface area contributed by atoms with E-state index < -0.39 is 0 Å². The van der Waals surface area contributed by atoms with Crippen LogP contribution < -0.4 is 10.1 Å². The maximum absolute atomic E-state index is 12.7. The minimum atomic E-state index is -0.201. The Hall–Kier alpha value is -3.45. The molecule has 0 saturated heterocycles. The molecular weight excluding hydrogens is 360 g/mol. The molecule has 2 heterocycles. The number of nitrogens with one attached hydrogen (secondary N) is 1. The molecule has 0 radical (unpaired) electrons. The molecular formula is C20H16N4O2S. The van der Waals surface area contributed by atoms with E-state index in [2.05, 4.69) is 15.4 Å². The van der Waals surface area contributed by atoms with Crippen molar-refractivity contribution >= 4 is 22.9 Å². The number of methoxy groups -OCH3 is 1. The second-order valence-electron chi connectivity index (χ2n) is 5.72. The van der Waals surface area contributed by atoms with E-state index in [1.807, 2.05) is 60.7 Å². The van der Waals surface area contributed by atoms with Gasteiger partial charge in [-0.1, -0.05) is 30.3 Å². The SMILES string of the molecule is COc1cc(-c2ccccc2)sc1C(=O)Nc1ccc(-n2cncn2)cc1. The van der Waals surface area contributed by atoms with E-state index in [1.165, 1.54) is 17.7 Å². The number of hydrogen-bond acceptors (Lipinski definition) is 5. The summed E-state index contributed by atoms with van der Waals surface area (Å²) in [7, 11) is 1.57. The van der Waals surface area contributed by atoms with Gasteiger partial charge in [-0.2, -0.15) is 5.10 Å². The fourth-order valence-electron chi connectivity index (χ4n) is 2.66. The van der Waals surface area contributed by atoms with Crippen molar-refractivity contribution in [2.45, 2.75) is 0 Å². The van der Waals surface area contributed by atoms with Crippen LogP contribution in [0.2, 0.25) is 0 Å². The van der Waals surface area contributed by atoms with Gasteiger partial charge >= 0.3 is 0 Å². The summed E-state index contributed by atoms with van der Waals surface area (Å²) in [6, 6.07) is 19.2. The maximum Gasteiger partial charge on any atom is 0.269 e. The zero-order valence-electron chi connectivity index (χ0n) is 14.5. The fourth-order valence-corrected chi connectivity index (χ4v) is 3.68. The van der Waals surface area contributed by atoms with E-state index in [-0.39, 0.29) is 5.91 Å². The number of aromatic nitrogens is 3. The van der Waals surface area contributed by atoms with Gasteiger partial charge in [0.15, 0.2) is 0 Å². The van der Waals surface area contributed by atoms with Gasteiger partial charge in [-0.25, -0.2) is 9.67 Å². The molecule has 0 saturated carbocycles. The van der Waals surface area contributed by atoms with Crippen LogP contribution in [0.3, 0.4) is 0 Å². The molecule has 0 bridgehead atoms. The Morgan fingerprint density at radius 3 is 2.56 bits per heavy atom. The van der Waals surface area contributed by atoms with Crippen LogP contribution in [0.25, 0.3) is 16.1 Å². The zero-order valence-corrected chi connectivity index (χ0v) is 15.3. The summed E-state index contributed by atoms with van der Waals surface area (Å²) in [4.78, 5) is 18.2. The third kappa shape index (κ3) is 3.58. The topological polar surface area (TPSA) is 69.0 Å². The molecule has 0 unspecified atom stereocenters. The number of rotatable bonds is 5. The summed E-state index contributed by atoms with van der Waals surface area (Å²) in [6.07, 6.45) is 3.10. The number of hydrogen-bond donors (Lipinski definition) is 1. The molecule has 0 aliphatic heterocycles. The van der Waals surface area contributed by atoms with Crippen LogP contribution in [0.15, 0.2) is 73.3 Å². The minimum absolute atomic E-state index is 0.201. The van der Waals surface area contributed by atoms with Crippen LogP contribution in [0.4, 0.5) is 5.69 Å².